The molecule has 184 valence electrons. The number of pyridine rings is 1. The van der Waals surface area contributed by atoms with Crippen molar-refractivity contribution in [3.63, 3.8) is 0 Å². The number of rotatable bonds is 7. The van der Waals surface area contributed by atoms with E-state index < -0.39 is 0 Å². The van der Waals surface area contributed by atoms with Crippen LogP contribution in [0.3, 0.4) is 0 Å². The fourth-order valence-electron chi connectivity index (χ4n) is 5.10. The summed E-state index contributed by atoms with van der Waals surface area (Å²) in [6, 6.07) is 23.3. The van der Waals surface area contributed by atoms with Crippen molar-refractivity contribution in [1.29, 1.82) is 0 Å². The molecule has 0 unspecified atom stereocenters. The van der Waals surface area contributed by atoms with Gasteiger partial charge >= 0.3 is 0 Å². The predicted octanol–water partition coefficient (Wildman–Crippen LogP) is 6.80. The van der Waals surface area contributed by atoms with Crippen LogP contribution in [0.4, 0.5) is 0 Å². The molecule has 36 heavy (non-hydrogen) atoms. The summed E-state index contributed by atoms with van der Waals surface area (Å²) >= 11 is 0. The number of aromatic nitrogens is 1. The number of methoxy groups -OCH3 is 1. The Hall–Kier alpha value is -3.66. The lowest BCUT2D eigenvalue weighted by Gasteiger charge is -2.18. The molecule has 4 heteroatoms. The average molecular weight is 479 g/mol. The second-order valence-corrected chi connectivity index (χ2v) is 9.76. The minimum atomic E-state index is 0.118. The quantitative estimate of drug-likeness (QED) is 0.293. The van der Waals surface area contributed by atoms with Gasteiger partial charge in [-0.05, 0) is 85.5 Å². The molecule has 1 fully saturated rings. The summed E-state index contributed by atoms with van der Waals surface area (Å²) in [5, 5.41) is 0.919. The maximum Gasteiger partial charge on any atom is 0.254 e. The van der Waals surface area contributed by atoms with Crippen molar-refractivity contribution < 1.29 is 9.53 Å². The fraction of sp³-hybridized carbons (Fsp3) is 0.312. The standard InChI is InChI=1S/C32H34N2O2/c1-4-24-12-13-26(20-31(24)36-3)25-14-16-30-28(19-25)29(32(35)34-17-5-6-18-34)21-27(33-30)15-11-23-9-7-22(2)8-10-23/h7-10,12-14,16,19-21H,4-6,11,15,17-18H2,1-3H3. The maximum atomic E-state index is 13.6. The van der Waals surface area contributed by atoms with Crippen molar-refractivity contribution >= 4 is 16.8 Å². The summed E-state index contributed by atoms with van der Waals surface area (Å²) in [5.74, 6) is 1.01. The molecule has 0 N–H and O–H groups in total. The number of carbonyl (C=O) groups is 1. The maximum absolute atomic E-state index is 13.6. The highest BCUT2D eigenvalue weighted by Gasteiger charge is 2.22. The normalized spacial score (nSPS) is 13.4. The summed E-state index contributed by atoms with van der Waals surface area (Å²) in [4.78, 5) is 20.6. The molecule has 5 rings (SSSR count). The smallest absolute Gasteiger partial charge is 0.254 e. The fourth-order valence-corrected chi connectivity index (χ4v) is 5.10. The average Bonchev–Trinajstić information content (AvgIpc) is 3.46. The van der Waals surface area contributed by atoms with Crippen molar-refractivity contribution in [2.24, 2.45) is 0 Å². The van der Waals surface area contributed by atoms with E-state index in [4.69, 9.17) is 9.72 Å². The van der Waals surface area contributed by atoms with Crippen LogP contribution in [0.25, 0.3) is 22.0 Å². The summed E-state index contributed by atoms with van der Waals surface area (Å²) in [7, 11) is 1.72. The van der Waals surface area contributed by atoms with Gasteiger partial charge in [0.1, 0.15) is 5.75 Å². The monoisotopic (exact) mass is 478 g/mol. The van der Waals surface area contributed by atoms with E-state index in [0.717, 1.165) is 84.2 Å². The number of hydrogen-bond donors (Lipinski definition) is 0. The van der Waals surface area contributed by atoms with Crippen molar-refractivity contribution in [3.8, 4) is 16.9 Å². The van der Waals surface area contributed by atoms with Crippen molar-refractivity contribution in [3.05, 3.63) is 94.7 Å². The van der Waals surface area contributed by atoms with Gasteiger partial charge in [0.15, 0.2) is 0 Å². The van der Waals surface area contributed by atoms with E-state index in [9.17, 15) is 4.79 Å². The predicted molar refractivity (Wildman–Crippen MR) is 147 cm³/mol. The highest BCUT2D eigenvalue weighted by Crippen LogP contribution is 2.31. The van der Waals surface area contributed by atoms with Crippen LogP contribution in [0.15, 0.2) is 66.7 Å². The second kappa shape index (κ2) is 10.5. The molecule has 1 saturated heterocycles. The number of fused-ring (bicyclic) bond motifs is 1. The lowest BCUT2D eigenvalue weighted by molar-refractivity contribution is 0.0794. The number of nitrogens with zero attached hydrogens (tertiary/aromatic N) is 2. The number of ether oxygens (including phenoxy) is 1. The highest BCUT2D eigenvalue weighted by molar-refractivity contribution is 6.07. The van der Waals surface area contributed by atoms with Crippen LogP contribution in [0.5, 0.6) is 5.75 Å². The number of amides is 1. The number of carbonyl (C=O) groups excluding carboxylic acids is 1. The third kappa shape index (κ3) is 4.99. The van der Waals surface area contributed by atoms with Gasteiger partial charge in [0.05, 0.1) is 18.2 Å². The number of aryl methyl sites for hydroxylation is 4. The van der Waals surface area contributed by atoms with Crippen LogP contribution in [0.2, 0.25) is 0 Å². The Morgan fingerprint density at radius 2 is 1.64 bits per heavy atom. The topological polar surface area (TPSA) is 42.4 Å². The van der Waals surface area contributed by atoms with Crippen LogP contribution in [-0.4, -0.2) is 36.0 Å². The Morgan fingerprint density at radius 3 is 2.36 bits per heavy atom. The summed E-state index contributed by atoms with van der Waals surface area (Å²) in [5.41, 5.74) is 8.48. The van der Waals surface area contributed by atoms with Gasteiger partial charge in [0, 0.05) is 24.2 Å². The first kappa shape index (κ1) is 24.1. The number of hydrogen-bond acceptors (Lipinski definition) is 3. The molecule has 0 bridgehead atoms. The Morgan fingerprint density at radius 1 is 0.917 bits per heavy atom. The van der Waals surface area contributed by atoms with E-state index in [1.807, 2.05) is 11.0 Å². The third-order valence-corrected chi connectivity index (χ3v) is 7.28. The van der Waals surface area contributed by atoms with Gasteiger partial charge in [-0.1, -0.05) is 55.0 Å². The van der Waals surface area contributed by atoms with Crippen molar-refractivity contribution in [1.82, 2.24) is 9.88 Å². The first-order valence-corrected chi connectivity index (χ1v) is 13.0. The Kier molecular flexibility index (Phi) is 7.04. The molecule has 1 aliphatic heterocycles. The van der Waals surface area contributed by atoms with Crippen LogP contribution >= 0.6 is 0 Å². The number of likely N-dealkylation sites (tertiary alicyclic amines) is 1. The lowest BCUT2D eigenvalue weighted by Crippen LogP contribution is -2.28. The lowest BCUT2D eigenvalue weighted by atomic mass is 9.97. The molecule has 0 saturated carbocycles. The third-order valence-electron chi connectivity index (χ3n) is 7.28. The van der Waals surface area contributed by atoms with Gasteiger partial charge in [-0.3, -0.25) is 9.78 Å². The van der Waals surface area contributed by atoms with Gasteiger partial charge < -0.3 is 9.64 Å². The van der Waals surface area contributed by atoms with Crippen LogP contribution in [0.1, 0.15) is 52.5 Å². The molecule has 1 aromatic heterocycles. The molecule has 0 atom stereocenters. The first-order chi connectivity index (χ1) is 17.6. The second-order valence-electron chi connectivity index (χ2n) is 9.76. The Bertz CT molecular complexity index is 1390. The van der Waals surface area contributed by atoms with E-state index in [0.29, 0.717) is 0 Å². The summed E-state index contributed by atoms with van der Waals surface area (Å²) < 4.78 is 5.63. The molecule has 2 heterocycles. The van der Waals surface area contributed by atoms with E-state index in [-0.39, 0.29) is 5.91 Å². The Labute approximate surface area is 213 Å². The molecular weight excluding hydrogens is 444 g/mol. The van der Waals surface area contributed by atoms with Crippen LogP contribution < -0.4 is 4.74 Å². The van der Waals surface area contributed by atoms with Crippen molar-refractivity contribution in [2.45, 2.75) is 46.0 Å². The molecule has 0 aliphatic carbocycles. The van der Waals surface area contributed by atoms with Gasteiger partial charge in [-0.2, -0.15) is 0 Å². The molecule has 0 spiro atoms. The molecule has 0 radical (unpaired) electrons. The highest BCUT2D eigenvalue weighted by atomic mass is 16.5. The van der Waals surface area contributed by atoms with Gasteiger partial charge in [-0.25, -0.2) is 0 Å². The summed E-state index contributed by atoms with van der Waals surface area (Å²) in [6.45, 7) is 5.90. The number of benzene rings is 3. The van der Waals surface area contributed by atoms with Crippen molar-refractivity contribution in [2.75, 3.05) is 20.2 Å². The van der Waals surface area contributed by atoms with Gasteiger partial charge in [0.25, 0.3) is 5.91 Å². The van der Waals surface area contributed by atoms with E-state index >= 15 is 0 Å². The van der Waals surface area contributed by atoms with Crippen LogP contribution in [0, 0.1) is 6.92 Å². The molecule has 4 nitrogen and oxygen atoms in total. The molecule has 1 amide bonds. The summed E-state index contributed by atoms with van der Waals surface area (Å²) in [6.07, 6.45) is 4.77. The van der Waals surface area contributed by atoms with Gasteiger partial charge in [-0.15, -0.1) is 0 Å². The van der Waals surface area contributed by atoms with E-state index in [1.165, 1.54) is 16.7 Å². The van der Waals surface area contributed by atoms with Crippen LogP contribution in [-0.2, 0) is 19.3 Å². The largest absolute Gasteiger partial charge is 0.496 e. The Balaban J connectivity index is 1.54. The zero-order chi connectivity index (χ0) is 25.1. The molecular formula is C32H34N2O2. The zero-order valence-corrected chi connectivity index (χ0v) is 21.5. The first-order valence-electron chi connectivity index (χ1n) is 13.0. The van der Waals surface area contributed by atoms with Gasteiger partial charge in [0.2, 0.25) is 0 Å². The molecule has 3 aromatic carbocycles. The van der Waals surface area contributed by atoms with E-state index in [2.05, 4.69) is 74.5 Å². The minimum Gasteiger partial charge on any atom is -0.496 e. The molecule has 1 aliphatic rings. The minimum absolute atomic E-state index is 0.118. The zero-order valence-electron chi connectivity index (χ0n) is 21.5. The molecule has 4 aromatic rings. The van der Waals surface area contributed by atoms with E-state index in [1.54, 1.807) is 7.11 Å². The SMILES string of the molecule is CCc1ccc(-c2ccc3nc(CCc4ccc(C)cc4)cc(C(=O)N4CCCC4)c3c2)cc1OC.